The second-order valence-corrected chi connectivity index (χ2v) is 6.81. The topological polar surface area (TPSA) is 67.9 Å². The first-order chi connectivity index (χ1) is 13.2. The lowest BCUT2D eigenvalue weighted by atomic mass is 9.99. The zero-order valence-electron chi connectivity index (χ0n) is 15.2. The fourth-order valence-electron chi connectivity index (χ4n) is 3.75. The van der Waals surface area contributed by atoms with Crippen LogP contribution in [0.25, 0.3) is 0 Å². The van der Waals surface area contributed by atoms with Crippen molar-refractivity contribution in [3.05, 3.63) is 54.1 Å². The fourth-order valence-corrected chi connectivity index (χ4v) is 3.75. The molecule has 27 heavy (non-hydrogen) atoms. The molecule has 6 heteroatoms. The molecular formula is C21H22N2O4. The number of para-hydroxylation sites is 3. The lowest BCUT2D eigenvalue weighted by molar-refractivity contribution is -0.127. The normalized spacial score (nSPS) is 21.4. The number of nitrogens with zero attached hydrogens (tertiary/aromatic N) is 1. The van der Waals surface area contributed by atoms with E-state index in [1.54, 1.807) is 12.0 Å². The van der Waals surface area contributed by atoms with Crippen LogP contribution in [0.1, 0.15) is 24.4 Å². The molecule has 2 amide bonds. The number of methoxy groups -OCH3 is 1. The van der Waals surface area contributed by atoms with E-state index in [-0.39, 0.29) is 30.2 Å². The zero-order chi connectivity index (χ0) is 18.8. The van der Waals surface area contributed by atoms with Gasteiger partial charge >= 0.3 is 0 Å². The summed E-state index contributed by atoms with van der Waals surface area (Å²) in [6.45, 7) is 0.925. The maximum atomic E-state index is 12.8. The first-order valence-corrected chi connectivity index (χ1v) is 9.13. The van der Waals surface area contributed by atoms with E-state index >= 15 is 0 Å². The van der Waals surface area contributed by atoms with Gasteiger partial charge in [0.15, 0.2) is 0 Å². The van der Waals surface area contributed by atoms with Crippen LogP contribution >= 0.6 is 0 Å². The standard InChI is InChI=1S/C21H22N2O4/c1-26-19-9-5-3-7-17(19)23-13-14(12-20(23)24)21(25)22-16-10-11-27-18-8-4-2-6-15(16)18/h2-9,14,16H,10-13H2,1H3,(H,22,25). The number of anilines is 1. The van der Waals surface area contributed by atoms with Crippen molar-refractivity contribution in [2.75, 3.05) is 25.2 Å². The maximum Gasteiger partial charge on any atom is 0.227 e. The van der Waals surface area contributed by atoms with Gasteiger partial charge in [0, 0.05) is 24.9 Å². The number of hydrogen-bond donors (Lipinski definition) is 1. The number of carbonyl (C=O) groups is 2. The van der Waals surface area contributed by atoms with Crippen LogP contribution in [-0.4, -0.2) is 32.1 Å². The van der Waals surface area contributed by atoms with E-state index in [2.05, 4.69) is 5.32 Å². The average Bonchev–Trinajstić information content (AvgIpc) is 3.10. The van der Waals surface area contributed by atoms with E-state index in [0.717, 1.165) is 17.7 Å². The Kier molecular flexibility index (Phi) is 4.71. The molecule has 1 fully saturated rings. The molecule has 2 aromatic rings. The predicted octanol–water partition coefficient (Wildman–Crippen LogP) is 2.69. The molecule has 1 N–H and O–H groups in total. The van der Waals surface area contributed by atoms with Gasteiger partial charge in [-0.1, -0.05) is 30.3 Å². The average molecular weight is 366 g/mol. The van der Waals surface area contributed by atoms with Crippen LogP contribution in [-0.2, 0) is 9.59 Å². The number of ether oxygens (including phenoxy) is 2. The quantitative estimate of drug-likeness (QED) is 0.903. The van der Waals surface area contributed by atoms with Crippen LogP contribution in [0.5, 0.6) is 11.5 Å². The number of benzene rings is 2. The van der Waals surface area contributed by atoms with Gasteiger partial charge in [-0.2, -0.15) is 0 Å². The highest BCUT2D eigenvalue weighted by Gasteiger charge is 2.37. The van der Waals surface area contributed by atoms with Crippen LogP contribution in [0.3, 0.4) is 0 Å². The summed E-state index contributed by atoms with van der Waals surface area (Å²) < 4.78 is 11.0. The Balaban J connectivity index is 1.47. The predicted molar refractivity (Wildman–Crippen MR) is 101 cm³/mol. The Labute approximate surface area is 158 Å². The van der Waals surface area contributed by atoms with Crippen molar-refractivity contribution in [3.63, 3.8) is 0 Å². The highest BCUT2D eigenvalue weighted by Crippen LogP contribution is 2.34. The third-order valence-electron chi connectivity index (χ3n) is 5.15. The number of amides is 2. The molecule has 2 heterocycles. The van der Waals surface area contributed by atoms with Crippen molar-refractivity contribution >= 4 is 17.5 Å². The summed E-state index contributed by atoms with van der Waals surface area (Å²) in [6.07, 6.45) is 0.925. The minimum absolute atomic E-state index is 0.0629. The third-order valence-corrected chi connectivity index (χ3v) is 5.15. The molecule has 0 radical (unpaired) electrons. The molecule has 140 valence electrons. The lowest BCUT2D eigenvalue weighted by Gasteiger charge is -2.27. The summed E-state index contributed by atoms with van der Waals surface area (Å²) >= 11 is 0. The molecule has 2 aromatic carbocycles. The molecule has 2 atom stereocenters. The Morgan fingerprint density at radius 3 is 2.81 bits per heavy atom. The summed E-state index contributed by atoms with van der Waals surface area (Å²) in [4.78, 5) is 27.0. The smallest absolute Gasteiger partial charge is 0.227 e. The van der Waals surface area contributed by atoms with E-state index in [9.17, 15) is 9.59 Å². The number of rotatable bonds is 4. The monoisotopic (exact) mass is 366 g/mol. The molecule has 2 aliphatic rings. The second-order valence-electron chi connectivity index (χ2n) is 6.81. The van der Waals surface area contributed by atoms with Gasteiger partial charge < -0.3 is 19.7 Å². The summed E-state index contributed by atoms with van der Waals surface area (Å²) in [5.41, 5.74) is 1.69. The first-order valence-electron chi connectivity index (χ1n) is 9.13. The summed E-state index contributed by atoms with van der Waals surface area (Å²) in [6, 6.07) is 15.0. The third kappa shape index (κ3) is 3.35. The Bertz CT molecular complexity index is 867. The minimum atomic E-state index is -0.377. The molecule has 0 aromatic heterocycles. The van der Waals surface area contributed by atoms with Gasteiger partial charge in [-0.05, 0) is 18.2 Å². The molecule has 0 bridgehead atoms. The SMILES string of the molecule is COc1ccccc1N1CC(C(=O)NC2CCOc3ccccc32)CC1=O. The maximum absolute atomic E-state index is 12.8. The molecule has 2 aliphatic heterocycles. The number of fused-ring (bicyclic) bond motifs is 1. The van der Waals surface area contributed by atoms with Gasteiger partial charge in [-0.15, -0.1) is 0 Å². The van der Waals surface area contributed by atoms with Gasteiger partial charge in [0.25, 0.3) is 0 Å². The van der Waals surface area contributed by atoms with Crippen LogP contribution in [0.2, 0.25) is 0 Å². The van der Waals surface area contributed by atoms with Crippen molar-refractivity contribution < 1.29 is 19.1 Å². The second kappa shape index (κ2) is 7.31. The van der Waals surface area contributed by atoms with Crippen molar-refractivity contribution in [1.82, 2.24) is 5.32 Å². The highest BCUT2D eigenvalue weighted by atomic mass is 16.5. The minimum Gasteiger partial charge on any atom is -0.495 e. The van der Waals surface area contributed by atoms with Gasteiger partial charge in [0.1, 0.15) is 11.5 Å². The van der Waals surface area contributed by atoms with Gasteiger partial charge in [0.05, 0.1) is 31.4 Å². The molecule has 0 saturated carbocycles. The largest absolute Gasteiger partial charge is 0.495 e. The van der Waals surface area contributed by atoms with Crippen LogP contribution in [0.4, 0.5) is 5.69 Å². The zero-order valence-corrected chi connectivity index (χ0v) is 15.2. The van der Waals surface area contributed by atoms with E-state index < -0.39 is 0 Å². The van der Waals surface area contributed by atoms with Crippen molar-refractivity contribution in [2.24, 2.45) is 5.92 Å². The van der Waals surface area contributed by atoms with Gasteiger partial charge in [-0.3, -0.25) is 9.59 Å². The number of carbonyl (C=O) groups excluding carboxylic acids is 2. The Morgan fingerprint density at radius 2 is 1.96 bits per heavy atom. The van der Waals surface area contributed by atoms with Crippen molar-refractivity contribution in [1.29, 1.82) is 0 Å². The molecule has 0 spiro atoms. The number of nitrogens with one attached hydrogen (secondary N) is 1. The van der Waals surface area contributed by atoms with E-state index in [4.69, 9.17) is 9.47 Å². The summed E-state index contributed by atoms with van der Waals surface area (Å²) in [5, 5.41) is 3.11. The van der Waals surface area contributed by atoms with Crippen LogP contribution < -0.4 is 19.7 Å². The summed E-state index contributed by atoms with van der Waals surface area (Å²) in [7, 11) is 1.58. The van der Waals surface area contributed by atoms with Crippen molar-refractivity contribution in [3.8, 4) is 11.5 Å². The molecule has 2 unspecified atom stereocenters. The van der Waals surface area contributed by atoms with E-state index in [1.807, 2.05) is 48.5 Å². The van der Waals surface area contributed by atoms with Crippen LogP contribution in [0.15, 0.2) is 48.5 Å². The lowest BCUT2D eigenvalue weighted by Crippen LogP contribution is -2.37. The Morgan fingerprint density at radius 1 is 1.19 bits per heavy atom. The fraction of sp³-hybridized carbons (Fsp3) is 0.333. The van der Waals surface area contributed by atoms with E-state index in [1.165, 1.54) is 0 Å². The first kappa shape index (κ1) is 17.4. The van der Waals surface area contributed by atoms with Crippen LogP contribution in [0, 0.1) is 5.92 Å². The Hall–Kier alpha value is -3.02. The molecule has 0 aliphatic carbocycles. The highest BCUT2D eigenvalue weighted by molar-refractivity contribution is 6.01. The molecule has 1 saturated heterocycles. The molecule has 6 nitrogen and oxygen atoms in total. The molecular weight excluding hydrogens is 344 g/mol. The van der Waals surface area contributed by atoms with Gasteiger partial charge in [0.2, 0.25) is 11.8 Å². The van der Waals surface area contributed by atoms with E-state index in [0.29, 0.717) is 24.6 Å². The molecule has 4 rings (SSSR count). The van der Waals surface area contributed by atoms with Gasteiger partial charge in [-0.25, -0.2) is 0 Å². The van der Waals surface area contributed by atoms with Crippen molar-refractivity contribution in [2.45, 2.75) is 18.9 Å². The number of hydrogen-bond acceptors (Lipinski definition) is 4. The summed E-state index contributed by atoms with van der Waals surface area (Å²) in [5.74, 6) is 0.907.